The van der Waals surface area contributed by atoms with Crippen LogP contribution in [0.15, 0.2) is 24.3 Å². The van der Waals surface area contributed by atoms with Crippen molar-refractivity contribution in [2.45, 2.75) is 65.8 Å². The van der Waals surface area contributed by atoms with Crippen LogP contribution in [0.5, 0.6) is 0 Å². The van der Waals surface area contributed by atoms with E-state index in [0.29, 0.717) is 5.92 Å². The maximum absolute atomic E-state index is 6.34. The second-order valence-electron chi connectivity index (χ2n) is 7.42. The van der Waals surface area contributed by atoms with E-state index in [9.17, 15) is 0 Å². The zero-order chi connectivity index (χ0) is 15.9. The van der Waals surface area contributed by atoms with Crippen LogP contribution < -0.4 is 5.32 Å². The molecule has 0 heterocycles. The van der Waals surface area contributed by atoms with Crippen molar-refractivity contribution >= 4 is 11.6 Å². The molecule has 0 spiro atoms. The van der Waals surface area contributed by atoms with Crippen LogP contribution in [-0.2, 0) is 6.42 Å². The molecule has 21 heavy (non-hydrogen) atoms. The van der Waals surface area contributed by atoms with Gasteiger partial charge in [0.1, 0.15) is 0 Å². The summed E-state index contributed by atoms with van der Waals surface area (Å²) < 4.78 is 0. The molecule has 0 aliphatic rings. The van der Waals surface area contributed by atoms with Crippen LogP contribution in [0.2, 0.25) is 5.02 Å². The van der Waals surface area contributed by atoms with E-state index in [1.165, 1.54) is 24.8 Å². The first-order valence-corrected chi connectivity index (χ1v) is 8.68. The molecule has 2 heteroatoms. The molecule has 1 nitrogen and oxygen atoms in total. The van der Waals surface area contributed by atoms with Gasteiger partial charge in [-0.3, -0.25) is 0 Å². The first-order valence-electron chi connectivity index (χ1n) is 8.30. The van der Waals surface area contributed by atoms with E-state index in [-0.39, 0.29) is 5.54 Å². The summed E-state index contributed by atoms with van der Waals surface area (Å²) in [5.41, 5.74) is 1.45. The first kappa shape index (κ1) is 18.5. The molecule has 1 aromatic carbocycles. The van der Waals surface area contributed by atoms with Crippen molar-refractivity contribution in [1.29, 1.82) is 0 Å². The second kappa shape index (κ2) is 8.80. The van der Waals surface area contributed by atoms with Gasteiger partial charge in [0.05, 0.1) is 0 Å². The van der Waals surface area contributed by atoms with Crippen molar-refractivity contribution in [2.75, 3.05) is 6.54 Å². The average molecular weight is 310 g/mol. The molecular weight excluding hydrogens is 278 g/mol. The Morgan fingerprint density at radius 3 is 2.43 bits per heavy atom. The highest BCUT2D eigenvalue weighted by atomic mass is 35.5. The monoisotopic (exact) mass is 309 g/mol. The van der Waals surface area contributed by atoms with Crippen LogP contribution in [0.1, 0.15) is 59.4 Å². The van der Waals surface area contributed by atoms with Crippen LogP contribution >= 0.6 is 11.6 Å². The number of benzene rings is 1. The smallest absolute Gasteiger partial charge is 0.0438 e. The highest BCUT2D eigenvalue weighted by Crippen LogP contribution is 2.24. The summed E-state index contributed by atoms with van der Waals surface area (Å²) in [5.74, 6) is 1.43. The fourth-order valence-electron chi connectivity index (χ4n) is 2.84. The normalized spacial score (nSPS) is 15.0. The third-order valence-corrected chi connectivity index (χ3v) is 4.27. The van der Waals surface area contributed by atoms with Crippen molar-refractivity contribution in [1.82, 2.24) is 5.32 Å². The summed E-state index contributed by atoms with van der Waals surface area (Å²) in [6, 6.07) is 8.26. The number of nitrogens with one attached hydrogen (secondary N) is 1. The summed E-state index contributed by atoms with van der Waals surface area (Å²) in [6.07, 6.45) is 4.92. The third kappa shape index (κ3) is 7.87. The molecule has 0 saturated carbocycles. The Labute approximate surface area is 136 Å². The zero-order valence-corrected chi connectivity index (χ0v) is 15.1. The minimum atomic E-state index is 0.173. The largest absolute Gasteiger partial charge is 0.312 e. The predicted octanol–water partition coefficient (Wildman–Crippen LogP) is 5.71. The fourth-order valence-corrected chi connectivity index (χ4v) is 3.06. The Hall–Kier alpha value is -0.530. The second-order valence-corrected chi connectivity index (χ2v) is 7.83. The minimum Gasteiger partial charge on any atom is -0.312 e. The van der Waals surface area contributed by atoms with E-state index in [0.717, 1.165) is 23.9 Å². The van der Waals surface area contributed by atoms with E-state index in [1.54, 1.807) is 0 Å². The predicted molar refractivity (Wildman–Crippen MR) is 95.1 cm³/mol. The van der Waals surface area contributed by atoms with Gasteiger partial charge >= 0.3 is 0 Å². The molecular formula is C19H32ClN. The van der Waals surface area contributed by atoms with Crippen molar-refractivity contribution in [3.8, 4) is 0 Å². The lowest BCUT2D eigenvalue weighted by Crippen LogP contribution is -2.40. The van der Waals surface area contributed by atoms with Gasteiger partial charge in [0.15, 0.2) is 0 Å². The molecule has 2 unspecified atom stereocenters. The standard InChI is InChI=1S/C19H32ClN/c1-6-9-15(2)12-16(14-21-19(3,4)5)13-17-10-7-8-11-18(17)20/h7-8,10-11,15-16,21H,6,9,12-14H2,1-5H3. The van der Waals surface area contributed by atoms with Crippen LogP contribution in [0.4, 0.5) is 0 Å². The summed E-state index contributed by atoms with van der Waals surface area (Å²) in [6.45, 7) is 12.4. The maximum Gasteiger partial charge on any atom is 0.0438 e. The molecule has 0 bridgehead atoms. The fraction of sp³-hybridized carbons (Fsp3) is 0.684. The molecule has 0 aliphatic heterocycles. The Balaban J connectivity index is 2.69. The van der Waals surface area contributed by atoms with Gasteiger partial charge in [0.25, 0.3) is 0 Å². The highest BCUT2D eigenvalue weighted by molar-refractivity contribution is 6.31. The first-order chi connectivity index (χ1) is 9.81. The lowest BCUT2D eigenvalue weighted by molar-refractivity contribution is 0.315. The van der Waals surface area contributed by atoms with Gasteiger partial charge in [-0.15, -0.1) is 0 Å². The molecule has 2 atom stereocenters. The Bertz CT molecular complexity index is 408. The van der Waals surface area contributed by atoms with Crippen molar-refractivity contribution in [3.05, 3.63) is 34.9 Å². The number of hydrogen-bond acceptors (Lipinski definition) is 1. The summed E-state index contributed by atoms with van der Waals surface area (Å²) in [7, 11) is 0. The van der Waals surface area contributed by atoms with E-state index in [2.05, 4.69) is 52.1 Å². The summed E-state index contributed by atoms with van der Waals surface area (Å²) in [4.78, 5) is 0. The maximum atomic E-state index is 6.34. The van der Waals surface area contributed by atoms with Gasteiger partial charge in [0, 0.05) is 10.6 Å². The minimum absolute atomic E-state index is 0.173. The average Bonchev–Trinajstić information content (AvgIpc) is 2.38. The van der Waals surface area contributed by atoms with Gasteiger partial charge in [-0.05, 0) is 63.6 Å². The van der Waals surface area contributed by atoms with Gasteiger partial charge < -0.3 is 5.32 Å². The SMILES string of the molecule is CCCC(C)CC(CNC(C)(C)C)Cc1ccccc1Cl. The van der Waals surface area contributed by atoms with Crippen LogP contribution in [0.25, 0.3) is 0 Å². The number of halogens is 1. The van der Waals surface area contributed by atoms with Gasteiger partial charge in [-0.25, -0.2) is 0 Å². The van der Waals surface area contributed by atoms with Crippen molar-refractivity contribution < 1.29 is 0 Å². The third-order valence-electron chi connectivity index (χ3n) is 3.90. The van der Waals surface area contributed by atoms with Gasteiger partial charge in [0.2, 0.25) is 0 Å². The molecule has 0 aliphatic carbocycles. The lowest BCUT2D eigenvalue weighted by Gasteiger charge is -2.27. The molecule has 0 saturated heterocycles. The molecule has 1 N–H and O–H groups in total. The molecule has 0 aromatic heterocycles. The van der Waals surface area contributed by atoms with E-state index < -0.39 is 0 Å². The Morgan fingerprint density at radius 1 is 1.19 bits per heavy atom. The zero-order valence-electron chi connectivity index (χ0n) is 14.4. The van der Waals surface area contributed by atoms with E-state index in [4.69, 9.17) is 11.6 Å². The number of hydrogen-bond donors (Lipinski definition) is 1. The molecule has 120 valence electrons. The van der Waals surface area contributed by atoms with Crippen LogP contribution in [0, 0.1) is 11.8 Å². The summed E-state index contributed by atoms with van der Waals surface area (Å²) in [5, 5.41) is 4.57. The van der Waals surface area contributed by atoms with Crippen LogP contribution in [-0.4, -0.2) is 12.1 Å². The lowest BCUT2D eigenvalue weighted by atomic mass is 9.87. The van der Waals surface area contributed by atoms with Crippen molar-refractivity contribution in [3.63, 3.8) is 0 Å². The Morgan fingerprint density at radius 2 is 1.86 bits per heavy atom. The van der Waals surface area contributed by atoms with Crippen LogP contribution in [0.3, 0.4) is 0 Å². The van der Waals surface area contributed by atoms with Gasteiger partial charge in [-0.2, -0.15) is 0 Å². The quantitative estimate of drug-likeness (QED) is 0.648. The van der Waals surface area contributed by atoms with E-state index in [1.807, 2.05) is 12.1 Å². The van der Waals surface area contributed by atoms with Gasteiger partial charge in [-0.1, -0.05) is 56.5 Å². The highest BCUT2D eigenvalue weighted by Gasteiger charge is 2.18. The topological polar surface area (TPSA) is 12.0 Å². The number of rotatable bonds is 8. The molecule has 0 radical (unpaired) electrons. The van der Waals surface area contributed by atoms with E-state index >= 15 is 0 Å². The van der Waals surface area contributed by atoms with Crippen molar-refractivity contribution in [2.24, 2.45) is 11.8 Å². The summed E-state index contributed by atoms with van der Waals surface area (Å²) >= 11 is 6.34. The Kier molecular flexibility index (Phi) is 7.76. The molecule has 1 rings (SSSR count). The molecule has 0 amide bonds. The molecule has 1 aromatic rings. The molecule has 0 fully saturated rings.